The molecule has 4 rings (SSSR count). The summed E-state index contributed by atoms with van der Waals surface area (Å²) in [5, 5.41) is 6.89. The molecule has 2 aromatic rings. The number of carbonyl (C=O) groups is 1. The van der Waals surface area contributed by atoms with E-state index in [0.717, 1.165) is 66.8 Å². The van der Waals surface area contributed by atoms with Gasteiger partial charge < -0.3 is 25.0 Å². The van der Waals surface area contributed by atoms with E-state index < -0.39 is 0 Å². The fraction of sp³-hybridized carbons (Fsp3) is 0.556. The van der Waals surface area contributed by atoms with Crippen LogP contribution in [0.15, 0.2) is 18.2 Å². The van der Waals surface area contributed by atoms with Crippen molar-refractivity contribution in [3.63, 3.8) is 0 Å². The van der Waals surface area contributed by atoms with E-state index in [1.807, 2.05) is 25.1 Å². The number of morpholine rings is 1. The van der Waals surface area contributed by atoms with Crippen molar-refractivity contribution in [2.45, 2.75) is 31.9 Å². The van der Waals surface area contributed by atoms with Gasteiger partial charge in [0.05, 0.1) is 35.6 Å². The fourth-order valence-electron chi connectivity index (χ4n) is 3.34. The average Bonchev–Trinajstić information content (AvgIpc) is 3.32. The van der Waals surface area contributed by atoms with Gasteiger partial charge in [0.15, 0.2) is 5.13 Å². The number of aromatic nitrogens is 1. The maximum absolute atomic E-state index is 12.3. The Bertz CT molecular complexity index is 769. The number of fused-ring (bicyclic) bond motifs is 1. The lowest BCUT2D eigenvalue weighted by molar-refractivity contribution is 0.0868. The zero-order valence-electron chi connectivity index (χ0n) is 14.9. The van der Waals surface area contributed by atoms with Crippen LogP contribution in [0.3, 0.4) is 0 Å². The molecule has 140 valence electrons. The van der Waals surface area contributed by atoms with Crippen LogP contribution in [0.1, 0.15) is 19.8 Å². The van der Waals surface area contributed by atoms with Crippen LogP contribution in [0.2, 0.25) is 0 Å². The standard InChI is InChI=1S/C18H24N4O3S/c1-12(15-3-2-8-25-15)19-17(23)20-13-4-5-14-16(11-13)26-18(21-14)22-6-9-24-10-7-22/h4-5,11-12,15H,2-3,6-10H2,1H3,(H2,19,20,23). The van der Waals surface area contributed by atoms with Crippen molar-refractivity contribution < 1.29 is 14.3 Å². The molecular formula is C18H24N4O3S. The molecule has 2 amide bonds. The molecule has 2 aliphatic rings. The van der Waals surface area contributed by atoms with E-state index in [9.17, 15) is 4.79 Å². The number of amides is 2. The maximum Gasteiger partial charge on any atom is 0.319 e. The van der Waals surface area contributed by atoms with Gasteiger partial charge in [-0.05, 0) is 38.0 Å². The minimum atomic E-state index is -0.203. The molecule has 7 nitrogen and oxygen atoms in total. The SMILES string of the molecule is CC(NC(=O)Nc1ccc2nc(N3CCOCC3)sc2c1)C1CCCO1. The summed E-state index contributed by atoms with van der Waals surface area (Å²) in [6, 6.07) is 5.62. The van der Waals surface area contributed by atoms with E-state index >= 15 is 0 Å². The number of hydrogen-bond donors (Lipinski definition) is 2. The molecule has 2 fully saturated rings. The zero-order chi connectivity index (χ0) is 17.9. The van der Waals surface area contributed by atoms with Gasteiger partial charge in [-0.3, -0.25) is 0 Å². The van der Waals surface area contributed by atoms with Crippen molar-refractivity contribution in [3.8, 4) is 0 Å². The number of thiazole rings is 1. The fourth-order valence-corrected chi connectivity index (χ4v) is 4.40. The number of benzene rings is 1. The Morgan fingerprint density at radius 1 is 1.35 bits per heavy atom. The summed E-state index contributed by atoms with van der Waals surface area (Å²) in [6.45, 7) is 5.99. The zero-order valence-corrected chi connectivity index (χ0v) is 15.7. The van der Waals surface area contributed by atoms with Gasteiger partial charge >= 0.3 is 6.03 Å². The summed E-state index contributed by atoms with van der Waals surface area (Å²) < 4.78 is 12.1. The average molecular weight is 376 g/mol. The van der Waals surface area contributed by atoms with Gasteiger partial charge in [-0.1, -0.05) is 11.3 Å². The molecular weight excluding hydrogens is 352 g/mol. The quantitative estimate of drug-likeness (QED) is 0.858. The third-order valence-electron chi connectivity index (χ3n) is 4.80. The van der Waals surface area contributed by atoms with Crippen molar-refractivity contribution in [3.05, 3.63) is 18.2 Å². The van der Waals surface area contributed by atoms with Gasteiger partial charge in [-0.15, -0.1) is 0 Å². The summed E-state index contributed by atoms with van der Waals surface area (Å²) >= 11 is 1.65. The Kier molecular flexibility index (Phi) is 5.23. The first kappa shape index (κ1) is 17.5. The van der Waals surface area contributed by atoms with Crippen LogP contribution in [0, 0.1) is 0 Å². The predicted molar refractivity (Wildman–Crippen MR) is 103 cm³/mol. The van der Waals surface area contributed by atoms with E-state index in [-0.39, 0.29) is 18.2 Å². The molecule has 2 saturated heterocycles. The van der Waals surface area contributed by atoms with Crippen LogP contribution in [0.5, 0.6) is 0 Å². The van der Waals surface area contributed by atoms with Crippen LogP contribution >= 0.6 is 11.3 Å². The molecule has 1 aromatic heterocycles. The van der Waals surface area contributed by atoms with E-state index in [1.54, 1.807) is 11.3 Å². The molecule has 2 unspecified atom stereocenters. The second kappa shape index (κ2) is 7.77. The second-order valence-electron chi connectivity index (χ2n) is 6.72. The van der Waals surface area contributed by atoms with Gasteiger partial charge in [0.25, 0.3) is 0 Å². The minimum absolute atomic E-state index is 0.00226. The number of urea groups is 1. The minimum Gasteiger partial charge on any atom is -0.378 e. The third-order valence-corrected chi connectivity index (χ3v) is 5.88. The topological polar surface area (TPSA) is 75.7 Å². The van der Waals surface area contributed by atoms with Crippen LogP contribution in [0.4, 0.5) is 15.6 Å². The predicted octanol–water partition coefficient (Wildman–Crippen LogP) is 2.82. The molecule has 2 aliphatic heterocycles. The van der Waals surface area contributed by atoms with Crippen molar-refractivity contribution in [2.24, 2.45) is 0 Å². The highest BCUT2D eigenvalue weighted by atomic mass is 32.1. The molecule has 0 saturated carbocycles. The Balaban J connectivity index is 1.40. The van der Waals surface area contributed by atoms with Gasteiger partial charge in [0.2, 0.25) is 0 Å². The molecule has 0 bridgehead atoms. The molecule has 1 aromatic carbocycles. The van der Waals surface area contributed by atoms with Gasteiger partial charge in [0.1, 0.15) is 0 Å². The molecule has 0 aliphatic carbocycles. The van der Waals surface area contributed by atoms with Crippen LogP contribution in [-0.2, 0) is 9.47 Å². The van der Waals surface area contributed by atoms with Crippen molar-refractivity contribution in [2.75, 3.05) is 43.1 Å². The molecule has 0 radical (unpaired) electrons. The Morgan fingerprint density at radius 3 is 2.96 bits per heavy atom. The van der Waals surface area contributed by atoms with Crippen LogP contribution in [0.25, 0.3) is 10.2 Å². The number of nitrogens with zero attached hydrogens (tertiary/aromatic N) is 2. The van der Waals surface area contributed by atoms with Crippen LogP contribution in [-0.4, -0.2) is 56.1 Å². The molecule has 2 atom stereocenters. The van der Waals surface area contributed by atoms with E-state index in [0.29, 0.717) is 0 Å². The highest BCUT2D eigenvalue weighted by Crippen LogP contribution is 2.31. The second-order valence-corrected chi connectivity index (χ2v) is 7.73. The number of carbonyl (C=O) groups excluding carboxylic acids is 1. The van der Waals surface area contributed by atoms with Crippen molar-refractivity contribution in [1.29, 1.82) is 0 Å². The lowest BCUT2D eigenvalue weighted by Gasteiger charge is -2.25. The normalized spacial score (nSPS) is 21.7. The summed E-state index contributed by atoms with van der Waals surface area (Å²) in [4.78, 5) is 19.2. The molecule has 0 spiro atoms. The first-order chi connectivity index (χ1) is 12.7. The molecule has 8 heteroatoms. The Morgan fingerprint density at radius 2 is 2.19 bits per heavy atom. The number of hydrogen-bond acceptors (Lipinski definition) is 6. The lowest BCUT2D eigenvalue weighted by atomic mass is 10.1. The van der Waals surface area contributed by atoms with Crippen LogP contribution < -0.4 is 15.5 Å². The molecule has 26 heavy (non-hydrogen) atoms. The maximum atomic E-state index is 12.3. The summed E-state index contributed by atoms with van der Waals surface area (Å²) in [6.07, 6.45) is 2.17. The monoisotopic (exact) mass is 376 g/mol. The largest absolute Gasteiger partial charge is 0.378 e. The van der Waals surface area contributed by atoms with Gasteiger partial charge in [0, 0.05) is 25.4 Å². The van der Waals surface area contributed by atoms with Crippen molar-refractivity contribution in [1.82, 2.24) is 10.3 Å². The number of nitrogens with one attached hydrogen (secondary N) is 2. The third kappa shape index (κ3) is 3.92. The number of ether oxygens (including phenoxy) is 2. The highest BCUT2D eigenvalue weighted by Gasteiger charge is 2.23. The van der Waals surface area contributed by atoms with Gasteiger partial charge in [-0.25, -0.2) is 9.78 Å². The number of anilines is 2. The van der Waals surface area contributed by atoms with Gasteiger partial charge in [-0.2, -0.15) is 0 Å². The van der Waals surface area contributed by atoms with E-state index in [1.165, 1.54) is 0 Å². The van der Waals surface area contributed by atoms with E-state index in [4.69, 9.17) is 14.5 Å². The summed E-state index contributed by atoms with van der Waals surface area (Å²) in [7, 11) is 0. The number of rotatable bonds is 4. The molecule has 2 N–H and O–H groups in total. The Labute approximate surface area is 156 Å². The van der Waals surface area contributed by atoms with E-state index in [2.05, 4.69) is 15.5 Å². The Hall–Kier alpha value is -1.90. The molecule has 3 heterocycles. The van der Waals surface area contributed by atoms with Crippen molar-refractivity contribution >= 4 is 38.4 Å². The highest BCUT2D eigenvalue weighted by molar-refractivity contribution is 7.22. The lowest BCUT2D eigenvalue weighted by Crippen LogP contribution is -2.42. The smallest absolute Gasteiger partial charge is 0.319 e. The first-order valence-corrected chi connectivity index (χ1v) is 9.93. The first-order valence-electron chi connectivity index (χ1n) is 9.11. The summed E-state index contributed by atoms with van der Waals surface area (Å²) in [5.74, 6) is 0. The summed E-state index contributed by atoms with van der Waals surface area (Å²) in [5.41, 5.74) is 1.72.